The zero-order valence-corrected chi connectivity index (χ0v) is 12.3. The number of hydrogen-bond acceptors (Lipinski definition) is 2. The number of carbonyl (C=O) groups excluding carboxylic acids is 2. The Morgan fingerprint density at radius 2 is 1.91 bits per heavy atom. The minimum atomic E-state index is -0.374. The molecule has 3 rings (SSSR count). The zero-order valence-electron chi connectivity index (χ0n) is 12.3. The highest BCUT2D eigenvalue weighted by Gasteiger charge is 2.32. The van der Waals surface area contributed by atoms with E-state index in [1.54, 1.807) is 12.1 Å². The van der Waals surface area contributed by atoms with E-state index in [0.29, 0.717) is 12.2 Å². The molecule has 0 aromatic heterocycles. The summed E-state index contributed by atoms with van der Waals surface area (Å²) in [7, 11) is 0. The van der Waals surface area contributed by atoms with Crippen LogP contribution in [0.2, 0.25) is 0 Å². The van der Waals surface area contributed by atoms with Crippen molar-refractivity contribution in [1.29, 1.82) is 0 Å². The quantitative estimate of drug-likeness (QED) is 0.899. The van der Waals surface area contributed by atoms with Gasteiger partial charge in [-0.05, 0) is 31.0 Å². The smallest absolute Gasteiger partial charge is 0.315 e. The van der Waals surface area contributed by atoms with Crippen LogP contribution in [0.5, 0.6) is 0 Å². The number of anilines is 1. The van der Waals surface area contributed by atoms with Crippen molar-refractivity contribution in [2.24, 2.45) is 0 Å². The van der Waals surface area contributed by atoms with Crippen molar-refractivity contribution in [1.82, 2.24) is 10.6 Å². The fraction of sp³-hybridized carbons (Fsp3) is 0.500. The fourth-order valence-corrected chi connectivity index (χ4v) is 3.18. The summed E-state index contributed by atoms with van der Waals surface area (Å²) in [6.07, 6.45) is 4.59. The topological polar surface area (TPSA) is 61.4 Å². The summed E-state index contributed by atoms with van der Waals surface area (Å²) in [4.78, 5) is 25.5. The molecule has 1 saturated carbocycles. The maximum Gasteiger partial charge on any atom is 0.315 e. The number of carbonyl (C=O) groups is 2. The fourth-order valence-electron chi connectivity index (χ4n) is 3.18. The van der Waals surface area contributed by atoms with Gasteiger partial charge in [-0.25, -0.2) is 9.18 Å². The molecule has 1 atom stereocenters. The average Bonchev–Trinajstić information content (AvgIpc) is 3.08. The third-order valence-corrected chi connectivity index (χ3v) is 4.27. The van der Waals surface area contributed by atoms with Crippen molar-refractivity contribution in [3.05, 3.63) is 30.1 Å². The van der Waals surface area contributed by atoms with Crippen LogP contribution in [0.25, 0.3) is 0 Å². The molecule has 5 nitrogen and oxygen atoms in total. The Kier molecular flexibility index (Phi) is 4.27. The minimum absolute atomic E-state index is 0.100. The molecule has 118 valence electrons. The molecule has 0 radical (unpaired) electrons. The Hall–Kier alpha value is -2.11. The second-order valence-electron chi connectivity index (χ2n) is 5.98. The van der Waals surface area contributed by atoms with Crippen LogP contribution in [0.1, 0.15) is 32.1 Å². The molecule has 6 heteroatoms. The van der Waals surface area contributed by atoms with Crippen LogP contribution in [-0.2, 0) is 4.79 Å². The zero-order chi connectivity index (χ0) is 15.5. The van der Waals surface area contributed by atoms with Crippen LogP contribution < -0.4 is 15.5 Å². The summed E-state index contributed by atoms with van der Waals surface area (Å²) < 4.78 is 13.3. The highest BCUT2D eigenvalue weighted by Crippen LogP contribution is 2.22. The maximum absolute atomic E-state index is 13.3. The van der Waals surface area contributed by atoms with E-state index in [4.69, 9.17) is 0 Å². The van der Waals surface area contributed by atoms with Crippen LogP contribution in [0.15, 0.2) is 24.3 Å². The standard InChI is InChI=1S/C16H20FN3O2/c17-11-4-3-7-14(8-11)20-10-13(9-15(20)21)19-16(22)18-12-5-1-2-6-12/h3-4,7-8,12-13H,1-2,5-6,9-10H2,(H2,18,19,22)/t13-/m1/s1. The van der Waals surface area contributed by atoms with E-state index < -0.39 is 0 Å². The summed E-state index contributed by atoms with van der Waals surface area (Å²) in [5.41, 5.74) is 0.533. The van der Waals surface area contributed by atoms with E-state index >= 15 is 0 Å². The Morgan fingerprint density at radius 3 is 2.64 bits per heavy atom. The van der Waals surface area contributed by atoms with Crippen LogP contribution in [0.3, 0.4) is 0 Å². The normalized spacial score (nSPS) is 22.1. The second kappa shape index (κ2) is 6.34. The SMILES string of the molecule is O=C(NC1CCCC1)N[C@@H]1CC(=O)N(c2cccc(F)c2)C1. The van der Waals surface area contributed by atoms with E-state index in [0.717, 1.165) is 25.7 Å². The average molecular weight is 305 g/mol. The minimum Gasteiger partial charge on any atom is -0.335 e. The van der Waals surface area contributed by atoms with Gasteiger partial charge in [0.25, 0.3) is 0 Å². The first-order valence-electron chi connectivity index (χ1n) is 7.75. The molecule has 1 aliphatic carbocycles. The Labute approximate surface area is 128 Å². The van der Waals surface area contributed by atoms with E-state index in [2.05, 4.69) is 10.6 Å². The van der Waals surface area contributed by atoms with Gasteiger partial charge < -0.3 is 15.5 Å². The second-order valence-corrected chi connectivity index (χ2v) is 5.98. The van der Waals surface area contributed by atoms with Gasteiger partial charge in [-0.3, -0.25) is 4.79 Å². The maximum atomic E-state index is 13.3. The molecule has 0 spiro atoms. The molecule has 2 fully saturated rings. The molecular formula is C16H20FN3O2. The van der Waals surface area contributed by atoms with Gasteiger partial charge in [-0.2, -0.15) is 0 Å². The third-order valence-electron chi connectivity index (χ3n) is 4.27. The van der Waals surface area contributed by atoms with Crippen molar-refractivity contribution in [2.45, 2.75) is 44.2 Å². The number of benzene rings is 1. The van der Waals surface area contributed by atoms with E-state index in [1.165, 1.54) is 17.0 Å². The lowest BCUT2D eigenvalue weighted by Gasteiger charge is -2.18. The summed E-state index contributed by atoms with van der Waals surface area (Å²) in [6.45, 7) is 0.375. The monoisotopic (exact) mass is 305 g/mol. The number of urea groups is 1. The lowest BCUT2D eigenvalue weighted by atomic mass is 10.2. The lowest BCUT2D eigenvalue weighted by Crippen LogP contribution is -2.46. The van der Waals surface area contributed by atoms with Crippen LogP contribution in [0, 0.1) is 5.82 Å². The first kappa shape index (κ1) is 14.8. The molecule has 2 aliphatic rings. The van der Waals surface area contributed by atoms with Crippen LogP contribution in [-0.4, -0.2) is 30.6 Å². The molecule has 1 aromatic carbocycles. The van der Waals surface area contributed by atoms with Gasteiger partial charge in [0.1, 0.15) is 5.82 Å². The Morgan fingerprint density at radius 1 is 1.18 bits per heavy atom. The molecule has 22 heavy (non-hydrogen) atoms. The van der Waals surface area contributed by atoms with Crippen molar-refractivity contribution < 1.29 is 14.0 Å². The van der Waals surface area contributed by atoms with E-state index in [1.807, 2.05) is 0 Å². The van der Waals surface area contributed by atoms with Gasteiger partial charge in [0.05, 0.1) is 6.04 Å². The van der Waals surface area contributed by atoms with Gasteiger partial charge >= 0.3 is 6.03 Å². The van der Waals surface area contributed by atoms with E-state index in [-0.39, 0.29) is 36.3 Å². The third kappa shape index (κ3) is 3.37. The van der Waals surface area contributed by atoms with Crippen molar-refractivity contribution in [3.8, 4) is 0 Å². The predicted octanol–water partition coefficient (Wildman–Crippen LogP) is 2.17. The Bertz CT molecular complexity index is 572. The highest BCUT2D eigenvalue weighted by molar-refractivity contribution is 5.96. The lowest BCUT2D eigenvalue weighted by molar-refractivity contribution is -0.117. The first-order chi connectivity index (χ1) is 10.6. The number of amides is 3. The number of rotatable bonds is 3. The number of halogens is 1. The first-order valence-corrected chi connectivity index (χ1v) is 7.75. The molecule has 1 aliphatic heterocycles. The molecule has 1 heterocycles. The van der Waals surface area contributed by atoms with Gasteiger partial charge in [-0.15, -0.1) is 0 Å². The number of nitrogens with one attached hydrogen (secondary N) is 2. The van der Waals surface area contributed by atoms with Crippen molar-refractivity contribution in [2.75, 3.05) is 11.4 Å². The van der Waals surface area contributed by atoms with Gasteiger partial charge in [0.2, 0.25) is 5.91 Å². The Balaban J connectivity index is 1.56. The van der Waals surface area contributed by atoms with Crippen molar-refractivity contribution >= 4 is 17.6 Å². The number of nitrogens with zero attached hydrogens (tertiary/aromatic N) is 1. The van der Waals surface area contributed by atoms with Crippen LogP contribution >= 0.6 is 0 Å². The largest absolute Gasteiger partial charge is 0.335 e. The summed E-state index contributed by atoms with van der Waals surface area (Å²) >= 11 is 0. The van der Waals surface area contributed by atoms with Gasteiger partial charge in [0.15, 0.2) is 0 Å². The number of hydrogen-bond donors (Lipinski definition) is 2. The molecular weight excluding hydrogens is 285 g/mol. The molecule has 0 unspecified atom stereocenters. The molecule has 2 N–H and O–H groups in total. The van der Waals surface area contributed by atoms with Crippen LogP contribution in [0.4, 0.5) is 14.9 Å². The summed E-state index contributed by atoms with van der Waals surface area (Å²) in [5, 5.41) is 5.79. The highest BCUT2D eigenvalue weighted by atomic mass is 19.1. The molecule has 0 bridgehead atoms. The predicted molar refractivity (Wildman–Crippen MR) is 81.1 cm³/mol. The molecule has 1 saturated heterocycles. The summed E-state index contributed by atoms with van der Waals surface area (Å²) in [5.74, 6) is -0.475. The molecule has 3 amide bonds. The van der Waals surface area contributed by atoms with E-state index in [9.17, 15) is 14.0 Å². The summed E-state index contributed by atoms with van der Waals surface area (Å²) in [6, 6.07) is 5.74. The van der Waals surface area contributed by atoms with Gasteiger partial charge in [-0.1, -0.05) is 18.9 Å². The molecule has 1 aromatic rings. The van der Waals surface area contributed by atoms with Crippen molar-refractivity contribution in [3.63, 3.8) is 0 Å². The van der Waals surface area contributed by atoms with Gasteiger partial charge in [0, 0.05) is 24.7 Å².